The quantitative estimate of drug-likeness (QED) is 0.895. The van der Waals surface area contributed by atoms with Crippen LogP contribution in [0.4, 0.5) is 10.8 Å². The van der Waals surface area contributed by atoms with Gasteiger partial charge >= 0.3 is 0 Å². The van der Waals surface area contributed by atoms with Crippen molar-refractivity contribution in [2.24, 2.45) is 5.92 Å². The molecule has 0 radical (unpaired) electrons. The second-order valence-corrected chi connectivity index (χ2v) is 6.47. The number of piperidine rings is 1. The van der Waals surface area contributed by atoms with Crippen LogP contribution in [0.5, 0.6) is 0 Å². The summed E-state index contributed by atoms with van der Waals surface area (Å²) in [4.78, 5) is 14.5. The molecule has 5 nitrogen and oxygen atoms in total. The fraction of sp³-hybridized carbons (Fsp3) is 0.714. The zero-order valence-corrected chi connectivity index (χ0v) is 13.3. The maximum absolute atomic E-state index is 12.3. The molecule has 0 spiro atoms. The number of nitrogens with zero attached hydrogens (tertiary/aromatic N) is 2. The van der Waals surface area contributed by atoms with Crippen LogP contribution in [0.2, 0.25) is 0 Å². The smallest absolute Gasteiger partial charge is 0.258 e. The van der Waals surface area contributed by atoms with E-state index in [1.165, 1.54) is 30.8 Å². The van der Waals surface area contributed by atoms with E-state index in [0.29, 0.717) is 11.4 Å². The highest BCUT2D eigenvalue weighted by Crippen LogP contribution is 2.34. The van der Waals surface area contributed by atoms with Crippen LogP contribution in [-0.2, 0) is 0 Å². The predicted molar refractivity (Wildman–Crippen MR) is 84.4 cm³/mol. The van der Waals surface area contributed by atoms with Crippen LogP contribution in [0.15, 0.2) is 0 Å². The number of aromatic nitrogens is 1. The van der Waals surface area contributed by atoms with Gasteiger partial charge in [0, 0.05) is 19.1 Å². The lowest BCUT2D eigenvalue weighted by Gasteiger charge is -2.32. The summed E-state index contributed by atoms with van der Waals surface area (Å²) in [7, 11) is 0. The third kappa shape index (κ3) is 3.23. The average Bonchev–Trinajstić information content (AvgIpc) is 2.80. The van der Waals surface area contributed by atoms with Gasteiger partial charge in [-0.05, 0) is 44.1 Å². The van der Waals surface area contributed by atoms with Gasteiger partial charge in [0.2, 0.25) is 0 Å². The van der Waals surface area contributed by atoms with Crippen molar-refractivity contribution < 1.29 is 4.79 Å². The zero-order chi connectivity index (χ0) is 14.7. The van der Waals surface area contributed by atoms with E-state index in [9.17, 15) is 4.79 Å². The summed E-state index contributed by atoms with van der Waals surface area (Å²) >= 11 is 1.34. The van der Waals surface area contributed by atoms with E-state index in [0.717, 1.165) is 24.0 Å². The Hall–Kier alpha value is -1.30. The number of anilines is 2. The summed E-state index contributed by atoms with van der Waals surface area (Å²) in [5.74, 6) is 1.05. The second kappa shape index (κ2) is 6.43. The van der Waals surface area contributed by atoms with E-state index >= 15 is 0 Å². The van der Waals surface area contributed by atoms with Crippen molar-refractivity contribution in [1.82, 2.24) is 9.69 Å². The maximum atomic E-state index is 12.3. The van der Waals surface area contributed by atoms with E-state index < -0.39 is 0 Å². The molecule has 1 aliphatic rings. The summed E-state index contributed by atoms with van der Waals surface area (Å²) in [6.45, 7) is 8.11. The number of nitrogens with one attached hydrogen (secondary N) is 1. The molecule has 2 rings (SSSR count). The molecule has 0 bridgehead atoms. The van der Waals surface area contributed by atoms with Gasteiger partial charge in [0.15, 0.2) is 5.82 Å². The number of hydrogen-bond donors (Lipinski definition) is 2. The van der Waals surface area contributed by atoms with Crippen molar-refractivity contribution in [1.29, 1.82) is 0 Å². The highest BCUT2D eigenvalue weighted by atomic mass is 32.1. The molecule has 0 aromatic carbocycles. The summed E-state index contributed by atoms with van der Waals surface area (Å²) in [6.07, 6.45) is 3.60. The minimum Gasteiger partial charge on any atom is -0.382 e. The Bertz CT molecular complexity index is 464. The lowest BCUT2D eigenvalue weighted by Crippen LogP contribution is -2.36. The number of carbonyl (C=O) groups is 1. The lowest BCUT2D eigenvalue weighted by atomic mass is 9.94. The Balaban J connectivity index is 2.15. The SMILES string of the molecule is CCC1CCN(c2snc(N)c2C(=O)NC(C)C)CC1. The molecule has 2 heterocycles. The fourth-order valence-electron chi connectivity index (χ4n) is 2.60. The topological polar surface area (TPSA) is 71.2 Å². The fourth-order valence-corrected chi connectivity index (χ4v) is 3.46. The third-order valence-corrected chi connectivity index (χ3v) is 4.75. The Labute approximate surface area is 124 Å². The lowest BCUT2D eigenvalue weighted by molar-refractivity contribution is 0.0944. The molecule has 1 aliphatic heterocycles. The van der Waals surface area contributed by atoms with Gasteiger partial charge in [0.1, 0.15) is 10.6 Å². The first-order valence-corrected chi connectivity index (χ1v) is 8.11. The summed E-state index contributed by atoms with van der Waals surface area (Å²) in [6, 6.07) is 0.0977. The summed E-state index contributed by atoms with van der Waals surface area (Å²) in [5, 5.41) is 3.83. The van der Waals surface area contributed by atoms with E-state index in [4.69, 9.17) is 5.73 Å². The van der Waals surface area contributed by atoms with Gasteiger partial charge in [-0.15, -0.1) is 0 Å². The number of amides is 1. The van der Waals surface area contributed by atoms with Crippen molar-refractivity contribution >= 4 is 28.3 Å². The first-order valence-electron chi connectivity index (χ1n) is 7.33. The van der Waals surface area contributed by atoms with Gasteiger partial charge in [-0.2, -0.15) is 4.37 Å². The van der Waals surface area contributed by atoms with Crippen molar-refractivity contribution in [3.05, 3.63) is 5.56 Å². The molecule has 20 heavy (non-hydrogen) atoms. The van der Waals surface area contributed by atoms with Crippen LogP contribution in [0.1, 0.15) is 50.4 Å². The van der Waals surface area contributed by atoms with E-state index in [1.807, 2.05) is 13.8 Å². The molecule has 1 fully saturated rings. The molecule has 1 amide bonds. The van der Waals surface area contributed by atoms with E-state index in [2.05, 4.69) is 21.5 Å². The zero-order valence-electron chi connectivity index (χ0n) is 12.5. The molecule has 1 aromatic heterocycles. The minimum atomic E-state index is -0.112. The monoisotopic (exact) mass is 296 g/mol. The number of nitrogens with two attached hydrogens (primary N) is 1. The number of carbonyl (C=O) groups excluding carboxylic acids is 1. The van der Waals surface area contributed by atoms with Gasteiger partial charge in [0.05, 0.1) is 0 Å². The Morgan fingerprint density at radius 3 is 2.70 bits per heavy atom. The van der Waals surface area contributed by atoms with Crippen LogP contribution in [0, 0.1) is 5.92 Å². The normalized spacial score (nSPS) is 16.7. The summed E-state index contributed by atoms with van der Waals surface area (Å²) in [5.41, 5.74) is 6.44. The van der Waals surface area contributed by atoms with Gasteiger partial charge in [-0.25, -0.2) is 0 Å². The Morgan fingerprint density at radius 2 is 2.15 bits per heavy atom. The number of nitrogen functional groups attached to an aromatic ring is 1. The summed E-state index contributed by atoms with van der Waals surface area (Å²) < 4.78 is 4.18. The van der Waals surface area contributed by atoms with Crippen molar-refractivity contribution in [3.63, 3.8) is 0 Å². The predicted octanol–water partition coefficient (Wildman–Crippen LogP) is 2.49. The highest BCUT2D eigenvalue weighted by molar-refractivity contribution is 7.11. The van der Waals surface area contributed by atoms with Gasteiger partial charge in [-0.3, -0.25) is 4.79 Å². The van der Waals surface area contributed by atoms with Gasteiger partial charge in [0.25, 0.3) is 5.91 Å². The second-order valence-electron chi connectivity index (χ2n) is 5.71. The molecule has 1 aromatic rings. The Kier molecular flexibility index (Phi) is 4.86. The molecular formula is C14H24N4OS. The third-order valence-electron chi connectivity index (χ3n) is 3.83. The molecule has 0 saturated carbocycles. The molecule has 112 valence electrons. The van der Waals surface area contributed by atoms with E-state index in [-0.39, 0.29) is 11.9 Å². The van der Waals surface area contributed by atoms with Crippen LogP contribution in [0.25, 0.3) is 0 Å². The number of hydrogen-bond acceptors (Lipinski definition) is 5. The first-order chi connectivity index (χ1) is 9.52. The molecule has 0 aliphatic carbocycles. The van der Waals surface area contributed by atoms with Crippen LogP contribution < -0.4 is 16.0 Å². The minimum absolute atomic E-state index is 0.0977. The van der Waals surface area contributed by atoms with Gasteiger partial charge in [-0.1, -0.05) is 13.3 Å². The standard InChI is InChI=1S/C14H24N4OS/c1-4-10-5-7-18(8-6-10)14-11(12(15)17-20-14)13(19)16-9(2)3/h9-10H,4-8H2,1-3H3,(H2,15,17)(H,16,19). The van der Waals surface area contributed by atoms with Crippen molar-refractivity contribution in [2.45, 2.75) is 46.1 Å². The maximum Gasteiger partial charge on any atom is 0.258 e. The largest absolute Gasteiger partial charge is 0.382 e. The van der Waals surface area contributed by atoms with Crippen LogP contribution in [0.3, 0.4) is 0 Å². The molecule has 3 N–H and O–H groups in total. The molecular weight excluding hydrogens is 272 g/mol. The molecule has 1 saturated heterocycles. The molecule has 0 unspecified atom stereocenters. The van der Waals surface area contributed by atoms with Crippen molar-refractivity contribution in [2.75, 3.05) is 23.7 Å². The molecule has 6 heteroatoms. The van der Waals surface area contributed by atoms with Gasteiger partial charge < -0.3 is 16.0 Å². The highest BCUT2D eigenvalue weighted by Gasteiger charge is 2.26. The van der Waals surface area contributed by atoms with E-state index in [1.54, 1.807) is 0 Å². The first kappa shape index (κ1) is 15.1. The van der Waals surface area contributed by atoms with Crippen molar-refractivity contribution in [3.8, 4) is 0 Å². The Morgan fingerprint density at radius 1 is 1.50 bits per heavy atom. The molecule has 0 atom stereocenters. The number of rotatable bonds is 4. The van der Waals surface area contributed by atoms with Crippen LogP contribution >= 0.6 is 11.5 Å². The average molecular weight is 296 g/mol. The van der Waals surface area contributed by atoms with Crippen LogP contribution in [-0.4, -0.2) is 29.4 Å².